The van der Waals surface area contributed by atoms with Gasteiger partial charge in [-0.05, 0) is 53.1 Å². The van der Waals surface area contributed by atoms with Gasteiger partial charge in [-0.25, -0.2) is 0 Å². The maximum Gasteiger partial charge on any atom is 0.191 e. The first-order valence-electron chi connectivity index (χ1n) is 9.51. The van der Waals surface area contributed by atoms with Crippen LogP contribution in [0.25, 0.3) is 0 Å². The molecule has 0 aromatic heterocycles. The van der Waals surface area contributed by atoms with Crippen LogP contribution in [0.3, 0.4) is 0 Å². The summed E-state index contributed by atoms with van der Waals surface area (Å²) in [6.45, 7) is 3.93. The lowest BCUT2D eigenvalue weighted by Crippen LogP contribution is -2.51. The number of nitrogens with zero attached hydrogens (tertiary/aromatic N) is 2. The van der Waals surface area contributed by atoms with Crippen molar-refractivity contribution < 1.29 is 4.74 Å². The Bertz CT molecular complexity index is 417. The van der Waals surface area contributed by atoms with Gasteiger partial charge in [0.15, 0.2) is 5.96 Å². The molecule has 3 atom stereocenters. The molecule has 23 heavy (non-hydrogen) atoms. The van der Waals surface area contributed by atoms with Gasteiger partial charge in [0.1, 0.15) is 0 Å². The third-order valence-electron chi connectivity index (χ3n) is 6.04. The molecule has 3 fully saturated rings. The average molecular weight is 322 g/mol. The zero-order valence-electron chi connectivity index (χ0n) is 15.1. The molecule has 3 unspecified atom stereocenters. The largest absolute Gasteiger partial charge is 0.373 e. The van der Waals surface area contributed by atoms with E-state index in [1.54, 1.807) is 0 Å². The van der Waals surface area contributed by atoms with E-state index in [2.05, 4.69) is 36.6 Å². The van der Waals surface area contributed by atoms with Crippen molar-refractivity contribution >= 4 is 5.96 Å². The summed E-state index contributed by atoms with van der Waals surface area (Å²) in [6, 6.07) is 0.438. The van der Waals surface area contributed by atoms with Crippen molar-refractivity contribution in [2.45, 2.75) is 82.1 Å². The highest BCUT2D eigenvalue weighted by molar-refractivity contribution is 5.80. The fourth-order valence-electron chi connectivity index (χ4n) is 4.47. The van der Waals surface area contributed by atoms with Gasteiger partial charge in [0, 0.05) is 12.1 Å². The molecule has 2 heterocycles. The number of aliphatic imine (C=N–C) groups is 1. The minimum atomic E-state index is 0.242. The van der Waals surface area contributed by atoms with Crippen molar-refractivity contribution in [1.82, 2.24) is 15.5 Å². The smallest absolute Gasteiger partial charge is 0.191 e. The Balaban J connectivity index is 1.63. The summed E-state index contributed by atoms with van der Waals surface area (Å²) >= 11 is 0. The zero-order valence-corrected chi connectivity index (χ0v) is 15.1. The summed E-state index contributed by atoms with van der Waals surface area (Å²) in [5.74, 6) is 0.973. The molecule has 0 aromatic rings. The van der Waals surface area contributed by atoms with Crippen LogP contribution in [-0.4, -0.2) is 61.8 Å². The summed E-state index contributed by atoms with van der Waals surface area (Å²) < 4.78 is 5.96. The average Bonchev–Trinajstić information content (AvgIpc) is 3.16. The number of hydrogen-bond donors (Lipinski definition) is 2. The second-order valence-corrected chi connectivity index (χ2v) is 7.74. The van der Waals surface area contributed by atoms with Crippen molar-refractivity contribution in [2.75, 3.05) is 27.2 Å². The van der Waals surface area contributed by atoms with Crippen LogP contribution in [-0.2, 0) is 4.74 Å². The molecule has 3 aliphatic rings. The minimum absolute atomic E-state index is 0.242. The molecule has 2 aliphatic heterocycles. The minimum Gasteiger partial charge on any atom is -0.373 e. The van der Waals surface area contributed by atoms with E-state index in [0.29, 0.717) is 18.2 Å². The van der Waals surface area contributed by atoms with Crippen LogP contribution in [0.15, 0.2) is 4.99 Å². The van der Waals surface area contributed by atoms with Crippen LogP contribution in [0.1, 0.15) is 58.3 Å². The van der Waals surface area contributed by atoms with Gasteiger partial charge >= 0.3 is 0 Å². The fourth-order valence-corrected chi connectivity index (χ4v) is 4.47. The van der Waals surface area contributed by atoms with E-state index >= 15 is 0 Å². The summed E-state index contributed by atoms with van der Waals surface area (Å²) in [5, 5.41) is 7.07. The molecule has 0 amide bonds. The lowest BCUT2D eigenvalue weighted by molar-refractivity contribution is 0.0990. The molecule has 3 rings (SSSR count). The molecule has 5 heteroatoms. The Kier molecular flexibility index (Phi) is 5.47. The summed E-state index contributed by atoms with van der Waals surface area (Å²) in [7, 11) is 4.43. The van der Waals surface area contributed by atoms with Gasteiger partial charge in [-0.1, -0.05) is 19.3 Å². The van der Waals surface area contributed by atoms with Crippen LogP contribution in [0.2, 0.25) is 0 Å². The Labute approximate surface area is 141 Å². The molecule has 5 nitrogen and oxygen atoms in total. The molecular weight excluding hydrogens is 288 g/mol. The van der Waals surface area contributed by atoms with Crippen molar-refractivity contribution in [2.24, 2.45) is 4.99 Å². The van der Waals surface area contributed by atoms with E-state index < -0.39 is 0 Å². The van der Waals surface area contributed by atoms with Gasteiger partial charge in [0.05, 0.1) is 24.8 Å². The highest BCUT2D eigenvalue weighted by Crippen LogP contribution is 2.34. The van der Waals surface area contributed by atoms with Crippen LogP contribution in [0, 0.1) is 0 Å². The van der Waals surface area contributed by atoms with Gasteiger partial charge in [-0.3, -0.25) is 4.99 Å². The predicted octanol–water partition coefficient (Wildman–Crippen LogP) is 2.13. The Morgan fingerprint density at radius 1 is 1.22 bits per heavy atom. The summed E-state index contributed by atoms with van der Waals surface area (Å²) in [5.41, 5.74) is 0.242. The number of nitrogens with one attached hydrogen (secondary N) is 2. The van der Waals surface area contributed by atoms with Crippen LogP contribution in [0.5, 0.6) is 0 Å². The molecule has 0 spiro atoms. The van der Waals surface area contributed by atoms with Gasteiger partial charge in [0.2, 0.25) is 0 Å². The van der Waals surface area contributed by atoms with Crippen LogP contribution < -0.4 is 10.6 Å². The monoisotopic (exact) mass is 322 g/mol. The van der Waals surface area contributed by atoms with Crippen LogP contribution in [0.4, 0.5) is 0 Å². The summed E-state index contributed by atoms with van der Waals surface area (Å²) in [4.78, 5) is 7.38. The Morgan fingerprint density at radius 3 is 2.57 bits per heavy atom. The topological polar surface area (TPSA) is 48.9 Å². The number of fused-ring (bicyclic) bond motifs is 2. The molecule has 2 saturated heterocycles. The van der Waals surface area contributed by atoms with Gasteiger partial charge in [0.25, 0.3) is 0 Å². The van der Waals surface area contributed by atoms with Crippen molar-refractivity contribution in [3.05, 3.63) is 0 Å². The van der Waals surface area contributed by atoms with Gasteiger partial charge < -0.3 is 20.3 Å². The molecule has 1 saturated carbocycles. The normalized spacial score (nSPS) is 33.2. The van der Waals surface area contributed by atoms with E-state index in [9.17, 15) is 0 Å². The third kappa shape index (κ3) is 3.82. The third-order valence-corrected chi connectivity index (χ3v) is 6.04. The van der Waals surface area contributed by atoms with E-state index in [-0.39, 0.29) is 5.54 Å². The lowest BCUT2D eigenvalue weighted by Gasteiger charge is -2.42. The van der Waals surface area contributed by atoms with Gasteiger partial charge in [-0.15, -0.1) is 0 Å². The van der Waals surface area contributed by atoms with Crippen molar-refractivity contribution in [1.29, 1.82) is 0 Å². The standard InChI is InChI=1S/C18H34N4O/c1-4-19-17(21-15-12-14-8-9-16(15)23-14)20-13-18(22(2)3)10-6-5-7-11-18/h14-16H,4-13H2,1-3H3,(H2,19,20,21). The summed E-state index contributed by atoms with van der Waals surface area (Å²) in [6.07, 6.45) is 11.0. The van der Waals surface area contributed by atoms with E-state index in [1.165, 1.54) is 44.9 Å². The number of rotatable bonds is 5. The quantitative estimate of drug-likeness (QED) is 0.601. The maximum absolute atomic E-state index is 5.96. The number of ether oxygens (including phenoxy) is 1. The van der Waals surface area contributed by atoms with E-state index in [0.717, 1.165) is 25.5 Å². The Morgan fingerprint density at radius 2 is 2.00 bits per heavy atom. The molecule has 0 aromatic carbocycles. The zero-order chi connectivity index (χ0) is 16.3. The van der Waals surface area contributed by atoms with E-state index in [1.807, 2.05) is 0 Å². The fraction of sp³-hybridized carbons (Fsp3) is 0.944. The molecular formula is C18H34N4O. The number of hydrogen-bond acceptors (Lipinski definition) is 3. The second-order valence-electron chi connectivity index (χ2n) is 7.74. The molecule has 0 radical (unpaired) electrons. The second kappa shape index (κ2) is 7.39. The van der Waals surface area contributed by atoms with Crippen molar-refractivity contribution in [3.8, 4) is 0 Å². The SMILES string of the molecule is CCNC(=NCC1(N(C)C)CCCCC1)NC1CC2CCC1O2. The maximum atomic E-state index is 5.96. The highest BCUT2D eigenvalue weighted by atomic mass is 16.5. The first-order chi connectivity index (χ1) is 11.1. The van der Waals surface area contributed by atoms with Gasteiger partial charge in [-0.2, -0.15) is 0 Å². The first kappa shape index (κ1) is 17.0. The van der Waals surface area contributed by atoms with Crippen LogP contribution >= 0.6 is 0 Å². The molecule has 2 bridgehead atoms. The molecule has 1 aliphatic carbocycles. The Hall–Kier alpha value is -0.810. The molecule has 132 valence electrons. The molecule has 2 N–H and O–H groups in total. The number of likely N-dealkylation sites (N-methyl/N-ethyl adjacent to an activating group) is 1. The predicted molar refractivity (Wildman–Crippen MR) is 94.9 cm³/mol. The first-order valence-corrected chi connectivity index (χ1v) is 9.51. The van der Waals surface area contributed by atoms with Crippen molar-refractivity contribution in [3.63, 3.8) is 0 Å². The highest BCUT2D eigenvalue weighted by Gasteiger charge is 2.41. The number of guanidine groups is 1. The lowest BCUT2D eigenvalue weighted by atomic mass is 9.81. The van der Waals surface area contributed by atoms with E-state index in [4.69, 9.17) is 9.73 Å².